The first-order valence-corrected chi connectivity index (χ1v) is 4.45. The molecule has 0 heterocycles. The molecule has 0 bridgehead atoms. The number of nitrogens with zero attached hydrogens (tertiary/aromatic N) is 1. The molecule has 0 fully saturated rings. The van der Waals surface area contributed by atoms with Gasteiger partial charge in [0.1, 0.15) is 0 Å². The Labute approximate surface area is 79.2 Å². The topological polar surface area (TPSA) is 20.3 Å². The molecule has 0 saturated carbocycles. The van der Waals surface area contributed by atoms with Gasteiger partial charge in [0, 0.05) is 13.1 Å². The zero-order chi connectivity index (χ0) is 9.68. The normalized spacial score (nSPS) is 12.2. The van der Waals surface area contributed by atoms with Gasteiger partial charge in [0.25, 0.3) is 0 Å². The highest BCUT2D eigenvalue weighted by Gasteiger charge is 2.06. The van der Waals surface area contributed by atoms with Crippen LogP contribution in [0, 0.1) is 0 Å². The average Bonchev–Trinajstić information content (AvgIpc) is 2.18. The molecule has 0 saturated heterocycles. The van der Waals surface area contributed by atoms with Crippen molar-refractivity contribution in [2.24, 2.45) is 0 Å². The third-order valence-electron chi connectivity index (χ3n) is 2.24. The third kappa shape index (κ3) is 2.90. The van der Waals surface area contributed by atoms with E-state index in [2.05, 4.69) is 12.1 Å². The number of hydrogen-bond donors (Lipinski definition) is 0. The van der Waals surface area contributed by atoms with Crippen molar-refractivity contribution < 1.29 is 4.79 Å². The molecule has 1 aromatic carbocycles. The average molecular weight is 177 g/mol. The van der Waals surface area contributed by atoms with Gasteiger partial charge >= 0.3 is 0 Å². The van der Waals surface area contributed by atoms with E-state index >= 15 is 0 Å². The second-order valence-corrected chi connectivity index (χ2v) is 3.31. The third-order valence-corrected chi connectivity index (χ3v) is 2.24. The summed E-state index contributed by atoms with van der Waals surface area (Å²) >= 11 is 0. The van der Waals surface area contributed by atoms with Gasteiger partial charge in [0.05, 0.1) is 0 Å². The maximum absolute atomic E-state index is 10.5. The smallest absolute Gasteiger partial charge is 0.209 e. The fourth-order valence-electron chi connectivity index (χ4n) is 1.20. The zero-order valence-electron chi connectivity index (χ0n) is 8.10. The molecular weight excluding hydrogens is 162 g/mol. The summed E-state index contributed by atoms with van der Waals surface area (Å²) in [4.78, 5) is 12.1. The molecule has 0 spiro atoms. The Morgan fingerprint density at radius 2 is 2.00 bits per heavy atom. The molecule has 0 aromatic heterocycles. The maximum Gasteiger partial charge on any atom is 0.209 e. The van der Waals surface area contributed by atoms with Gasteiger partial charge in [-0.3, -0.25) is 4.79 Å². The Balaban J connectivity index is 2.54. The van der Waals surface area contributed by atoms with Crippen molar-refractivity contribution >= 4 is 6.41 Å². The molecule has 2 nitrogen and oxygen atoms in total. The molecule has 1 amide bonds. The minimum atomic E-state index is 0.264. The molecule has 1 aromatic rings. The lowest BCUT2D eigenvalue weighted by molar-refractivity contribution is -0.118. The van der Waals surface area contributed by atoms with Crippen LogP contribution in [-0.2, 0) is 11.2 Å². The molecular formula is C11H15NO. The highest BCUT2D eigenvalue weighted by atomic mass is 16.1. The molecule has 0 unspecified atom stereocenters. The first kappa shape index (κ1) is 9.78. The number of amides is 1. The van der Waals surface area contributed by atoms with Gasteiger partial charge in [-0.05, 0) is 18.9 Å². The van der Waals surface area contributed by atoms with Gasteiger partial charge in [-0.2, -0.15) is 0 Å². The van der Waals surface area contributed by atoms with E-state index in [-0.39, 0.29) is 6.04 Å². The van der Waals surface area contributed by atoms with Crippen LogP contribution in [0.3, 0.4) is 0 Å². The minimum Gasteiger partial charge on any atom is -0.345 e. The number of hydrogen-bond acceptors (Lipinski definition) is 1. The highest BCUT2D eigenvalue weighted by Crippen LogP contribution is 2.05. The summed E-state index contributed by atoms with van der Waals surface area (Å²) in [5.41, 5.74) is 1.27. The second-order valence-electron chi connectivity index (χ2n) is 3.31. The Morgan fingerprint density at radius 3 is 2.54 bits per heavy atom. The van der Waals surface area contributed by atoms with Gasteiger partial charge < -0.3 is 4.90 Å². The summed E-state index contributed by atoms with van der Waals surface area (Å²) in [6.45, 7) is 2.04. The van der Waals surface area contributed by atoms with Crippen molar-refractivity contribution in [2.45, 2.75) is 19.4 Å². The summed E-state index contributed by atoms with van der Waals surface area (Å²) in [7, 11) is 1.81. The molecule has 0 radical (unpaired) electrons. The summed E-state index contributed by atoms with van der Waals surface area (Å²) in [6, 6.07) is 10.5. The first-order chi connectivity index (χ1) is 6.24. The number of carbonyl (C=O) groups excluding carboxylic acids is 1. The quantitative estimate of drug-likeness (QED) is 0.641. The number of benzene rings is 1. The summed E-state index contributed by atoms with van der Waals surface area (Å²) < 4.78 is 0. The van der Waals surface area contributed by atoms with Crippen LogP contribution < -0.4 is 0 Å². The Kier molecular flexibility index (Phi) is 3.50. The van der Waals surface area contributed by atoms with Crippen LogP contribution in [0.1, 0.15) is 12.5 Å². The Morgan fingerprint density at radius 1 is 1.38 bits per heavy atom. The molecule has 1 rings (SSSR count). The highest BCUT2D eigenvalue weighted by molar-refractivity contribution is 5.47. The van der Waals surface area contributed by atoms with Gasteiger partial charge in [0.15, 0.2) is 0 Å². The molecule has 2 heteroatoms. The van der Waals surface area contributed by atoms with Gasteiger partial charge in [-0.15, -0.1) is 0 Å². The van der Waals surface area contributed by atoms with Gasteiger partial charge in [-0.25, -0.2) is 0 Å². The van der Waals surface area contributed by atoms with Crippen molar-refractivity contribution in [1.29, 1.82) is 0 Å². The lowest BCUT2D eigenvalue weighted by Gasteiger charge is -2.19. The van der Waals surface area contributed by atoms with Crippen molar-refractivity contribution in [3.05, 3.63) is 35.9 Å². The van der Waals surface area contributed by atoms with E-state index < -0.39 is 0 Å². The van der Waals surface area contributed by atoms with E-state index in [1.165, 1.54) is 5.56 Å². The van der Waals surface area contributed by atoms with Crippen molar-refractivity contribution in [2.75, 3.05) is 7.05 Å². The van der Waals surface area contributed by atoms with E-state index in [1.54, 1.807) is 11.9 Å². The fraction of sp³-hybridized carbons (Fsp3) is 0.364. The first-order valence-electron chi connectivity index (χ1n) is 4.45. The molecule has 0 aliphatic carbocycles. The van der Waals surface area contributed by atoms with Crippen LogP contribution in [0.4, 0.5) is 0 Å². The van der Waals surface area contributed by atoms with Crippen molar-refractivity contribution in [3.63, 3.8) is 0 Å². The van der Waals surface area contributed by atoms with Crippen molar-refractivity contribution in [1.82, 2.24) is 4.90 Å². The predicted octanol–water partition coefficient (Wildman–Crippen LogP) is 1.71. The number of rotatable bonds is 4. The minimum absolute atomic E-state index is 0.264. The van der Waals surface area contributed by atoms with Crippen LogP contribution in [-0.4, -0.2) is 24.4 Å². The molecule has 0 N–H and O–H groups in total. The van der Waals surface area contributed by atoms with E-state index in [9.17, 15) is 4.79 Å². The van der Waals surface area contributed by atoms with E-state index in [1.807, 2.05) is 25.1 Å². The summed E-state index contributed by atoms with van der Waals surface area (Å²) in [5, 5.41) is 0. The van der Waals surface area contributed by atoms with Crippen LogP contribution in [0.5, 0.6) is 0 Å². The van der Waals surface area contributed by atoms with Gasteiger partial charge in [-0.1, -0.05) is 30.3 Å². The van der Waals surface area contributed by atoms with Crippen LogP contribution in [0.15, 0.2) is 30.3 Å². The maximum atomic E-state index is 10.5. The number of likely N-dealkylation sites (N-methyl/N-ethyl adjacent to an activating group) is 1. The van der Waals surface area contributed by atoms with E-state index in [0.717, 1.165) is 12.8 Å². The van der Waals surface area contributed by atoms with Crippen LogP contribution in [0.25, 0.3) is 0 Å². The predicted molar refractivity (Wildman–Crippen MR) is 53.4 cm³/mol. The molecule has 70 valence electrons. The summed E-state index contributed by atoms with van der Waals surface area (Å²) in [5.74, 6) is 0. The van der Waals surface area contributed by atoms with Crippen molar-refractivity contribution in [3.8, 4) is 0 Å². The SMILES string of the molecule is C[C@@H](Cc1ccccc1)N(C)C=O. The monoisotopic (exact) mass is 177 g/mol. The second kappa shape index (κ2) is 4.65. The Bertz CT molecular complexity index is 258. The van der Waals surface area contributed by atoms with Crippen LogP contribution >= 0.6 is 0 Å². The van der Waals surface area contributed by atoms with Gasteiger partial charge in [0.2, 0.25) is 6.41 Å². The van der Waals surface area contributed by atoms with E-state index in [4.69, 9.17) is 0 Å². The lowest BCUT2D eigenvalue weighted by Crippen LogP contribution is -2.29. The molecule has 1 atom stereocenters. The van der Waals surface area contributed by atoms with E-state index in [0.29, 0.717) is 0 Å². The van der Waals surface area contributed by atoms with Crippen LogP contribution in [0.2, 0.25) is 0 Å². The zero-order valence-corrected chi connectivity index (χ0v) is 8.10. The summed E-state index contributed by atoms with van der Waals surface area (Å²) in [6.07, 6.45) is 1.78. The lowest BCUT2D eigenvalue weighted by atomic mass is 10.1. The Hall–Kier alpha value is -1.31. The molecule has 0 aliphatic rings. The molecule has 13 heavy (non-hydrogen) atoms. The fourth-order valence-corrected chi connectivity index (χ4v) is 1.20. The largest absolute Gasteiger partial charge is 0.345 e. The standard InChI is InChI=1S/C11H15NO/c1-10(12(2)9-13)8-11-6-4-3-5-7-11/h3-7,9-10H,8H2,1-2H3/t10-/m0/s1. The number of carbonyl (C=O) groups is 1. The molecule has 0 aliphatic heterocycles.